The minimum atomic E-state index is -4.03. The molecule has 3 unspecified atom stereocenters. The first-order valence-corrected chi connectivity index (χ1v) is 30.7. The topological polar surface area (TPSA) is 55.4 Å². The molecule has 0 fully saturated rings. The first-order chi connectivity index (χ1) is 18.3. The molecule has 0 amide bonds. The summed E-state index contributed by atoms with van der Waals surface area (Å²) in [6, 6.07) is 0. The molecule has 0 bridgehead atoms. The Balaban J connectivity index is 6.46. The zero-order valence-corrected chi connectivity index (χ0v) is 37.4. The van der Waals surface area contributed by atoms with Crippen LogP contribution in [0.4, 0.5) is 0 Å². The van der Waals surface area contributed by atoms with Gasteiger partial charge in [0.2, 0.25) is 0 Å². The minimum absolute atomic E-state index is 0.309. The predicted octanol–water partition coefficient (Wildman–Crippen LogP) is 10.9. The second kappa shape index (κ2) is 22.2. The fourth-order valence-corrected chi connectivity index (χ4v) is 38.1. The molecule has 16 heteroatoms. The van der Waals surface area contributed by atoms with Crippen molar-refractivity contribution in [1.82, 2.24) is 0 Å². The molecule has 3 atom stereocenters. The quantitative estimate of drug-likeness (QED) is 0.0870. The van der Waals surface area contributed by atoms with E-state index in [0.29, 0.717) is 55.3 Å². The van der Waals surface area contributed by atoms with Crippen LogP contribution in [0, 0.1) is 35.5 Å². The van der Waals surface area contributed by atoms with E-state index >= 15 is 0 Å². The summed E-state index contributed by atoms with van der Waals surface area (Å²) in [4.78, 5) is 0. The molecule has 0 aromatic rings. The molecule has 0 N–H and O–H groups in total. The van der Waals surface area contributed by atoms with Crippen molar-refractivity contribution in [3.63, 3.8) is 0 Å². The molecule has 0 aromatic carbocycles. The van der Waals surface area contributed by atoms with Crippen LogP contribution >= 0.6 is 51.2 Å². The van der Waals surface area contributed by atoms with Crippen LogP contribution in [0.5, 0.6) is 0 Å². The predicted molar refractivity (Wildman–Crippen MR) is 196 cm³/mol. The maximum atomic E-state index is 6.73. The number of hydrogen-bond acceptors (Lipinski definition) is 12. The third kappa shape index (κ3) is 23.0. The summed E-state index contributed by atoms with van der Waals surface area (Å²) in [5, 5.41) is 0. The second-order valence-electron chi connectivity index (χ2n) is 12.1. The van der Waals surface area contributed by atoms with E-state index in [1.165, 1.54) is 0 Å². The first-order valence-electron chi connectivity index (χ1n) is 14.0. The normalized spacial score (nSPS) is 17.2. The molecule has 0 aliphatic heterocycles. The maximum absolute atomic E-state index is 6.73. The molecule has 6 nitrogen and oxygen atoms in total. The van der Waals surface area contributed by atoms with Crippen molar-refractivity contribution < 1.29 is 21.5 Å². The van der Waals surface area contributed by atoms with Crippen LogP contribution in [0.2, 0.25) is 0 Å². The van der Waals surface area contributed by atoms with Crippen LogP contribution < -0.4 is 0 Å². The molecule has 0 radical (unpaired) electrons. The Morgan fingerprint density at radius 2 is 0.675 bits per heavy atom. The van der Waals surface area contributed by atoms with Crippen LogP contribution in [0.3, 0.4) is 0 Å². The van der Waals surface area contributed by atoms with Crippen molar-refractivity contribution in [2.75, 3.05) is 37.1 Å². The van der Waals surface area contributed by atoms with E-state index in [4.69, 9.17) is 56.9 Å². The third-order valence-electron chi connectivity index (χ3n) is 4.04. The SMILES string of the molecule is CC(C)COP(=S)([O][In]([O]P(=S)(OCC(C)C)SCC(C)C)[O]P(=S)(OCC(C)C)SCC(C)C)SCC(C)C. The van der Waals surface area contributed by atoms with Gasteiger partial charge in [-0.3, -0.25) is 0 Å². The van der Waals surface area contributed by atoms with Crippen molar-refractivity contribution in [3.8, 4) is 0 Å². The Kier molecular flexibility index (Phi) is 24.3. The summed E-state index contributed by atoms with van der Waals surface area (Å²) < 4.78 is 39.1. The van der Waals surface area contributed by atoms with Crippen molar-refractivity contribution in [1.29, 1.82) is 0 Å². The van der Waals surface area contributed by atoms with Gasteiger partial charge >= 0.3 is 287 Å². The molecule has 0 heterocycles. The number of hydrogen-bond donors (Lipinski definition) is 0. The van der Waals surface area contributed by atoms with E-state index in [-0.39, 0.29) is 0 Å². The molecule has 40 heavy (non-hydrogen) atoms. The van der Waals surface area contributed by atoms with Gasteiger partial charge in [-0.05, 0) is 0 Å². The molecule has 0 aliphatic carbocycles. The van der Waals surface area contributed by atoms with Crippen LogP contribution in [0.15, 0.2) is 0 Å². The zero-order chi connectivity index (χ0) is 31.1. The Labute approximate surface area is 283 Å². The summed E-state index contributed by atoms with van der Waals surface area (Å²) in [5.74, 6) is 4.65. The second-order valence-corrected chi connectivity index (χ2v) is 38.1. The Morgan fingerprint density at radius 1 is 0.450 bits per heavy atom. The molecule has 0 rings (SSSR count). The molecule has 0 aliphatic rings. The van der Waals surface area contributed by atoms with E-state index in [2.05, 4.69) is 83.1 Å². The zero-order valence-electron chi connectivity index (χ0n) is 26.5. The van der Waals surface area contributed by atoms with Gasteiger partial charge in [0.1, 0.15) is 0 Å². The molecule has 240 valence electrons. The fraction of sp³-hybridized carbons (Fsp3) is 1.00. The van der Waals surface area contributed by atoms with Gasteiger partial charge in [0.25, 0.3) is 0 Å². The average molecular weight is 839 g/mol. The molecule has 0 aromatic heterocycles. The van der Waals surface area contributed by atoms with Gasteiger partial charge in [0, 0.05) is 0 Å². The van der Waals surface area contributed by atoms with Crippen molar-refractivity contribution >= 4 is 109 Å². The summed E-state index contributed by atoms with van der Waals surface area (Å²) in [5.41, 5.74) is -8.40. The molecule has 0 saturated heterocycles. The van der Waals surface area contributed by atoms with Gasteiger partial charge < -0.3 is 0 Å². The van der Waals surface area contributed by atoms with Crippen molar-refractivity contribution in [2.45, 2.75) is 83.1 Å². The fourth-order valence-electron chi connectivity index (χ4n) is 2.11. The molecule has 0 spiro atoms. The summed E-state index contributed by atoms with van der Waals surface area (Å²) in [7, 11) is 0. The van der Waals surface area contributed by atoms with Gasteiger partial charge in [-0.25, -0.2) is 0 Å². The Hall–Kier alpha value is 3.63. The van der Waals surface area contributed by atoms with Crippen LogP contribution in [-0.2, 0) is 56.9 Å². The van der Waals surface area contributed by atoms with Crippen molar-refractivity contribution in [2.24, 2.45) is 35.5 Å². The Morgan fingerprint density at radius 3 is 0.850 bits per heavy atom. The van der Waals surface area contributed by atoms with Gasteiger partial charge in [-0.2, -0.15) is 0 Å². The van der Waals surface area contributed by atoms with Crippen molar-refractivity contribution in [3.05, 3.63) is 0 Å². The van der Waals surface area contributed by atoms with E-state index in [1.807, 2.05) is 0 Å². The summed E-state index contributed by atoms with van der Waals surface area (Å²) >= 11 is 19.0. The first kappa shape index (κ1) is 43.6. The summed E-state index contributed by atoms with van der Waals surface area (Å²) in [6.45, 7) is 27.1. The third-order valence-corrected chi connectivity index (χ3v) is 40.5. The van der Waals surface area contributed by atoms with Crippen LogP contribution in [0.25, 0.3) is 0 Å². The van der Waals surface area contributed by atoms with E-state index in [9.17, 15) is 0 Å². The molecular formula is C24H54InO6P3S6. The van der Waals surface area contributed by atoms with Gasteiger partial charge in [0.05, 0.1) is 0 Å². The van der Waals surface area contributed by atoms with E-state index in [1.54, 1.807) is 34.1 Å². The summed E-state index contributed by atoms with van der Waals surface area (Å²) in [6.07, 6.45) is 0. The number of rotatable bonds is 24. The van der Waals surface area contributed by atoms with E-state index in [0.717, 1.165) is 17.3 Å². The molecular weight excluding hydrogens is 784 g/mol. The Bertz CT molecular complexity index is 682. The monoisotopic (exact) mass is 838 g/mol. The van der Waals surface area contributed by atoms with Gasteiger partial charge in [0.15, 0.2) is 0 Å². The van der Waals surface area contributed by atoms with Crippen LogP contribution in [0.1, 0.15) is 83.1 Å². The molecule has 0 saturated carbocycles. The van der Waals surface area contributed by atoms with Crippen LogP contribution in [-0.4, -0.2) is 59.8 Å². The van der Waals surface area contributed by atoms with E-state index < -0.39 is 39.8 Å². The van der Waals surface area contributed by atoms with Gasteiger partial charge in [-0.1, -0.05) is 0 Å². The average Bonchev–Trinajstić information content (AvgIpc) is 2.82. The standard InChI is InChI=1S/3C8H19O2PS2.In/c3*1-7(2)5-10-11(9,12)13-6-8(3)4;/h3*7-8H,5-6H2,1-4H3,(H,9,12);/q;;;+3/p-3. The van der Waals surface area contributed by atoms with Gasteiger partial charge in [-0.15, -0.1) is 0 Å².